The Balaban J connectivity index is 1.77. The molecule has 106 valence electrons. The molecule has 3 nitrogen and oxygen atoms in total. The van der Waals surface area contributed by atoms with Gasteiger partial charge < -0.3 is 10.5 Å². The van der Waals surface area contributed by atoms with E-state index in [2.05, 4.69) is 4.90 Å². The van der Waals surface area contributed by atoms with E-state index >= 15 is 0 Å². The average Bonchev–Trinajstić information content (AvgIpc) is 2.46. The molecule has 0 amide bonds. The zero-order valence-corrected chi connectivity index (χ0v) is 11.9. The van der Waals surface area contributed by atoms with Gasteiger partial charge in [0.05, 0.1) is 6.10 Å². The second-order valence-electron chi connectivity index (χ2n) is 6.10. The van der Waals surface area contributed by atoms with Crippen LogP contribution in [-0.4, -0.2) is 43.8 Å². The maximum absolute atomic E-state index is 6.02. The van der Waals surface area contributed by atoms with Crippen LogP contribution in [0.15, 0.2) is 0 Å². The number of nitrogens with zero attached hydrogens (tertiary/aromatic N) is 1. The van der Waals surface area contributed by atoms with Crippen LogP contribution in [0.25, 0.3) is 0 Å². The van der Waals surface area contributed by atoms with Crippen molar-refractivity contribution >= 4 is 0 Å². The summed E-state index contributed by atoms with van der Waals surface area (Å²) in [5.74, 6) is 0.937. The summed E-state index contributed by atoms with van der Waals surface area (Å²) in [5, 5.41) is 0. The molecule has 1 atom stereocenters. The van der Waals surface area contributed by atoms with Crippen molar-refractivity contribution in [2.24, 2.45) is 11.7 Å². The molecule has 0 bridgehead atoms. The molecule has 2 fully saturated rings. The van der Waals surface area contributed by atoms with Crippen molar-refractivity contribution in [2.75, 3.05) is 26.7 Å². The maximum atomic E-state index is 6.02. The van der Waals surface area contributed by atoms with Gasteiger partial charge in [0.2, 0.25) is 0 Å². The van der Waals surface area contributed by atoms with Crippen molar-refractivity contribution in [1.29, 1.82) is 0 Å². The summed E-state index contributed by atoms with van der Waals surface area (Å²) in [6.45, 7) is 3.17. The first-order chi connectivity index (χ1) is 8.83. The van der Waals surface area contributed by atoms with Crippen LogP contribution in [0.1, 0.15) is 51.4 Å². The first kappa shape index (κ1) is 14.3. The first-order valence-corrected chi connectivity index (χ1v) is 7.80. The Morgan fingerprint density at radius 1 is 1.11 bits per heavy atom. The lowest BCUT2D eigenvalue weighted by molar-refractivity contribution is 0.0235. The number of hydrogen-bond donors (Lipinski definition) is 1. The number of rotatable bonds is 5. The van der Waals surface area contributed by atoms with E-state index in [0.29, 0.717) is 12.1 Å². The Morgan fingerprint density at radius 2 is 1.78 bits per heavy atom. The van der Waals surface area contributed by atoms with Gasteiger partial charge in [0.1, 0.15) is 0 Å². The van der Waals surface area contributed by atoms with Gasteiger partial charge in [-0.1, -0.05) is 32.1 Å². The van der Waals surface area contributed by atoms with E-state index in [9.17, 15) is 0 Å². The molecular weight excluding hydrogens is 224 g/mol. The Hall–Kier alpha value is -0.120. The molecule has 1 saturated heterocycles. The second-order valence-corrected chi connectivity index (χ2v) is 6.10. The number of ether oxygens (including phenoxy) is 1. The van der Waals surface area contributed by atoms with E-state index < -0.39 is 0 Å². The highest BCUT2D eigenvalue weighted by Gasteiger charge is 2.26. The van der Waals surface area contributed by atoms with Gasteiger partial charge in [0, 0.05) is 32.8 Å². The molecule has 0 radical (unpaired) electrons. The predicted octanol–water partition coefficient (Wildman–Crippen LogP) is 2.39. The van der Waals surface area contributed by atoms with Crippen LogP contribution >= 0.6 is 0 Å². The summed E-state index contributed by atoms with van der Waals surface area (Å²) in [4.78, 5) is 2.62. The van der Waals surface area contributed by atoms with Crippen LogP contribution in [0.3, 0.4) is 0 Å². The van der Waals surface area contributed by atoms with E-state index in [1.807, 2.05) is 7.11 Å². The monoisotopic (exact) mass is 254 g/mol. The van der Waals surface area contributed by atoms with Crippen LogP contribution in [0.5, 0.6) is 0 Å². The summed E-state index contributed by atoms with van der Waals surface area (Å²) >= 11 is 0. The molecule has 0 aromatic rings. The molecule has 1 saturated carbocycles. The lowest BCUT2D eigenvalue weighted by Crippen LogP contribution is -2.47. The van der Waals surface area contributed by atoms with Gasteiger partial charge in [-0.15, -0.1) is 0 Å². The minimum Gasteiger partial charge on any atom is -0.381 e. The molecule has 0 spiro atoms. The fourth-order valence-electron chi connectivity index (χ4n) is 3.68. The molecular formula is C15H30N2O. The number of piperidine rings is 1. The second kappa shape index (κ2) is 7.46. The zero-order chi connectivity index (χ0) is 12.8. The number of methoxy groups -OCH3 is 1. The summed E-state index contributed by atoms with van der Waals surface area (Å²) in [6, 6.07) is 0.617. The molecule has 2 rings (SSSR count). The van der Waals surface area contributed by atoms with Crippen molar-refractivity contribution < 1.29 is 4.74 Å². The highest BCUT2D eigenvalue weighted by Crippen LogP contribution is 2.29. The number of nitrogens with two attached hydrogens (primary N) is 1. The highest BCUT2D eigenvalue weighted by molar-refractivity contribution is 4.82. The minimum absolute atomic E-state index is 0.481. The molecule has 0 aromatic heterocycles. The van der Waals surface area contributed by atoms with E-state index in [1.54, 1.807) is 0 Å². The van der Waals surface area contributed by atoms with Crippen LogP contribution in [-0.2, 0) is 4.74 Å². The van der Waals surface area contributed by atoms with Gasteiger partial charge in [-0.05, 0) is 25.2 Å². The van der Waals surface area contributed by atoms with Crippen molar-refractivity contribution in [3.8, 4) is 0 Å². The van der Waals surface area contributed by atoms with Crippen LogP contribution in [0, 0.1) is 5.92 Å². The van der Waals surface area contributed by atoms with E-state index in [-0.39, 0.29) is 0 Å². The summed E-state index contributed by atoms with van der Waals surface area (Å²) in [5.41, 5.74) is 6.02. The third-order valence-corrected chi connectivity index (χ3v) is 4.93. The molecule has 3 heteroatoms. The third kappa shape index (κ3) is 3.94. The minimum atomic E-state index is 0.481. The van der Waals surface area contributed by atoms with Gasteiger partial charge in [-0.25, -0.2) is 0 Å². The smallest absolute Gasteiger partial charge is 0.0595 e. The van der Waals surface area contributed by atoms with Crippen molar-refractivity contribution in [3.05, 3.63) is 0 Å². The highest BCUT2D eigenvalue weighted by atomic mass is 16.5. The summed E-state index contributed by atoms with van der Waals surface area (Å²) < 4.78 is 5.44. The molecule has 1 aliphatic heterocycles. The largest absolute Gasteiger partial charge is 0.381 e. The van der Waals surface area contributed by atoms with Gasteiger partial charge in [0.25, 0.3) is 0 Å². The fraction of sp³-hybridized carbons (Fsp3) is 1.00. The third-order valence-electron chi connectivity index (χ3n) is 4.93. The Kier molecular flexibility index (Phi) is 5.93. The SMILES string of the molecule is COC1CCN(C(CN)CC2CCCCC2)CC1. The zero-order valence-electron chi connectivity index (χ0n) is 11.9. The van der Waals surface area contributed by atoms with Crippen molar-refractivity contribution in [1.82, 2.24) is 4.90 Å². The molecule has 2 N–H and O–H groups in total. The Morgan fingerprint density at radius 3 is 2.33 bits per heavy atom. The van der Waals surface area contributed by atoms with E-state index in [1.165, 1.54) is 64.5 Å². The van der Waals surface area contributed by atoms with Gasteiger partial charge in [-0.3, -0.25) is 4.90 Å². The molecule has 1 heterocycles. The summed E-state index contributed by atoms with van der Waals surface area (Å²) in [6.07, 6.45) is 11.4. The Bertz CT molecular complexity index is 221. The Labute approximate surface area is 112 Å². The lowest BCUT2D eigenvalue weighted by atomic mass is 9.84. The lowest BCUT2D eigenvalue weighted by Gasteiger charge is -2.38. The van der Waals surface area contributed by atoms with Gasteiger partial charge >= 0.3 is 0 Å². The van der Waals surface area contributed by atoms with E-state index in [4.69, 9.17) is 10.5 Å². The molecule has 18 heavy (non-hydrogen) atoms. The fourth-order valence-corrected chi connectivity index (χ4v) is 3.68. The van der Waals surface area contributed by atoms with Crippen LogP contribution in [0.4, 0.5) is 0 Å². The van der Waals surface area contributed by atoms with Crippen LogP contribution in [0.2, 0.25) is 0 Å². The molecule has 2 aliphatic rings. The molecule has 0 aromatic carbocycles. The molecule has 1 unspecified atom stereocenters. The maximum Gasteiger partial charge on any atom is 0.0595 e. The van der Waals surface area contributed by atoms with Crippen molar-refractivity contribution in [2.45, 2.75) is 63.5 Å². The van der Waals surface area contributed by atoms with Crippen molar-refractivity contribution in [3.63, 3.8) is 0 Å². The van der Waals surface area contributed by atoms with Gasteiger partial charge in [-0.2, -0.15) is 0 Å². The number of likely N-dealkylation sites (tertiary alicyclic amines) is 1. The predicted molar refractivity (Wildman–Crippen MR) is 75.6 cm³/mol. The standard InChI is InChI=1S/C15H30N2O/c1-18-15-7-9-17(10-8-15)14(12-16)11-13-5-3-2-4-6-13/h13-15H,2-12,16H2,1H3. The van der Waals surface area contributed by atoms with Gasteiger partial charge in [0.15, 0.2) is 0 Å². The van der Waals surface area contributed by atoms with E-state index in [0.717, 1.165) is 12.5 Å². The normalized spacial score (nSPS) is 26.3. The quantitative estimate of drug-likeness (QED) is 0.819. The van der Waals surface area contributed by atoms with Crippen LogP contribution < -0.4 is 5.73 Å². The number of hydrogen-bond acceptors (Lipinski definition) is 3. The summed E-state index contributed by atoms with van der Waals surface area (Å²) in [7, 11) is 1.84. The first-order valence-electron chi connectivity index (χ1n) is 7.80. The topological polar surface area (TPSA) is 38.5 Å². The average molecular weight is 254 g/mol. The molecule has 1 aliphatic carbocycles.